The number of methoxy groups -OCH3 is 2. The van der Waals surface area contributed by atoms with Crippen LogP contribution in [-0.4, -0.2) is 60.8 Å². The summed E-state index contributed by atoms with van der Waals surface area (Å²) in [6, 6.07) is 11.0. The van der Waals surface area contributed by atoms with Gasteiger partial charge in [-0.2, -0.15) is 0 Å². The zero-order chi connectivity index (χ0) is 22.7. The molecule has 32 heavy (non-hydrogen) atoms. The van der Waals surface area contributed by atoms with Gasteiger partial charge in [-0.05, 0) is 24.3 Å². The lowest BCUT2D eigenvalue weighted by molar-refractivity contribution is -0.131. The Labute approximate surface area is 190 Å². The third-order valence-electron chi connectivity index (χ3n) is 5.70. The van der Waals surface area contributed by atoms with Gasteiger partial charge in [0.15, 0.2) is 11.5 Å². The van der Waals surface area contributed by atoms with E-state index < -0.39 is 0 Å². The van der Waals surface area contributed by atoms with Crippen molar-refractivity contribution in [1.82, 2.24) is 14.5 Å². The minimum atomic E-state index is -0.213. The van der Waals surface area contributed by atoms with E-state index in [9.17, 15) is 9.59 Å². The summed E-state index contributed by atoms with van der Waals surface area (Å²) >= 11 is 6.09. The fourth-order valence-electron chi connectivity index (χ4n) is 3.91. The van der Waals surface area contributed by atoms with Crippen molar-refractivity contribution in [1.29, 1.82) is 0 Å². The lowest BCUT2D eigenvalue weighted by Gasteiger charge is -2.36. The number of ether oxygens (including phenoxy) is 2. The lowest BCUT2D eigenvalue weighted by atomic mass is 10.2. The van der Waals surface area contributed by atoms with Crippen LogP contribution < -0.4 is 19.9 Å². The number of hydrogen-bond donors (Lipinski definition) is 0. The average Bonchev–Trinajstić information content (AvgIpc) is 2.82. The first-order chi connectivity index (χ1) is 15.5. The molecule has 1 fully saturated rings. The lowest BCUT2D eigenvalue weighted by Crippen LogP contribution is -2.49. The first-order valence-electron chi connectivity index (χ1n) is 10.4. The summed E-state index contributed by atoms with van der Waals surface area (Å²) < 4.78 is 12.0. The Bertz CT molecular complexity index is 1190. The molecule has 3 aromatic rings. The summed E-state index contributed by atoms with van der Waals surface area (Å²) in [5.74, 6) is 0.997. The number of benzene rings is 2. The normalized spacial score (nSPS) is 14.0. The van der Waals surface area contributed by atoms with Crippen molar-refractivity contribution >= 4 is 34.1 Å². The molecule has 9 heteroatoms. The molecule has 1 aliphatic rings. The summed E-state index contributed by atoms with van der Waals surface area (Å²) in [7, 11) is 3.05. The smallest absolute Gasteiger partial charge is 0.261 e. The fourth-order valence-corrected chi connectivity index (χ4v) is 4.09. The average molecular weight is 457 g/mol. The maximum atomic E-state index is 12.9. The Hall–Kier alpha value is -3.26. The Morgan fingerprint density at radius 2 is 1.78 bits per heavy atom. The van der Waals surface area contributed by atoms with Crippen molar-refractivity contribution in [2.45, 2.75) is 13.0 Å². The number of halogens is 1. The SMILES string of the molecule is COc1cc2ncn(CCC(=O)N3CCN(c4cccc(Cl)c4)CC3)c(=O)c2cc1OC. The van der Waals surface area contributed by atoms with E-state index in [2.05, 4.69) is 9.88 Å². The number of fused-ring (bicyclic) bond motifs is 1. The summed E-state index contributed by atoms with van der Waals surface area (Å²) in [6.07, 6.45) is 1.71. The van der Waals surface area contributed by atoms with Gasteiger partial charge >= 0.3 is 0 Å². The van der Waals surface area contributed by atoms with Gasteiger partial charge in [-0.25, -0.2) is 4.98 Å². The molecule has 0 atom stereocenters. The number of aromatic nitrogens is 2. The van der Waals surface area contributed by atoms with Crippen LogP contribution in [-0.2, 0) is 11.3 Å². The monoisotopic (exact) mass is 456 g/mol. The van der Waals surface area contributed by atoms with Crippen molar-refractivity contribution in [3.63, 3.8) is 0 Å². The highest BCUT2D eigenvalue weighted by Gasteiger charge is 2.21. The van der Waals surface area contributed by atoms with E-state index >= 15 is 0 Å². The number of carbonyl (C=O) groups is 1. The standard InChI is InChI=1S/C23H25ClN4O4/c1-31-20-13-18-19(14-21(20)32-2)25-15-28(23(18)30)7-6-22(29)27-10-8-26(9-11-27)17-5-3-4-16(24)12-17/h3-5,12-15H,6-11H2,1-2H3. The number of aryl methyl sites for hydroxylation is 1. The molecule has 0 bridgehead atoms. The van der Waals surface area contributed by atoms with Crippen LogP contribution in [0.25, 0.3) is 10.9 Å². The Morgan fingerprint density at radius 1 is 1.06 bits per heavy atom. The summed E-state index contributed by atoms with van der Waals surface area (Å²) in [5.41, 5.74) is 1.37. The quantitative estimate of drug-likeness (QED) is 0.567. The molecule has 0 saturated carbocycles. The van der Waals surface area contributed by atoms with E-state index in [1.807, 2.05) is 29.2 Å². The van der Waals surface area contributed by atoms with Gasteiger partial charge in [0, 0.05) is 55.9 Å². The van der Waals surface area contributed by atoms with Gasteiger partial charge in [-0.1, -0.05) is 17.7 Å². The zero-order valence-electron chi connectivity index (χ0n) is 18.1. The predicted octanol–water partition coefficient (Wildman–Crippen LogP) is 2.81. The van der Waals surface area contributed by atoms with Crippen molar-refractivity contribution in [3.05, 3.63) is 58.1 Å². The molecule has 0 radical (unpaired) electrons. The van der Waals surface area contributed by atoms with Gasteiger partial charge < -0.3 is 19.3 Å². The van der Waals surface area contributed by atoms with Crippen LogP contribution in [0.1, 0.15) is 6.42 Å². The number of rotatable bonds is 6. The largest absolute Gasteiger partial charge is 0.493 e. The van der Waals surface area contributed by atoms with Gasteiger partial charge in [-0.15, -0.1) is 0 Å². The second kappa shape index (κ2) is 9.48. The van der Waals surface area contributed by atoms with Crippen LogP contribution in [0.15, 0.2) is 47.5 Å². The van der Waals surface area contributed by atoms with Gasteiger partial charge in [0.25, 0.3) is 5.56 Å². The molecule has 1 aromatic heterocycles. The highest BCUT2D eigenvalue weighted by Crippen LogP contribution is 2.29. The van der Waals surface area contributed by atoms with E-state index in [4.69, 9.17) is 21.1 Å². The Balaban J connectivity index is 1.40. The number of hydrogen-bond acceptors (Lipinski definition) is 6. The van der Waals surface area contributed by atoms with E-state index in [1.54, 1.807) is 12.1 Å². The van der Waals surface area contributed by atoms with Gasteiger partial charge in [-0.3, -0.25) is 14.2 Å². The van der Waals surface area contributed by atoms with E-state index in [0.717, 1.165) is 18.8 Å². The molecule has 2 heterocycles. The molecule has 1 amide bonds. The zero-order valence-corrected chi connectivity index (χ0v) is 18.8. The number of carbonyl (C=O) groups excluding carboxylic acids is 1. The van der Waals surface area contributed by atoms with Crippen LogP contribution in [0.3, 0.4) is 0 Å². The molecule has 2 aromatic carbocycles. The van der Waals surface area contributed by atoms with Gasteiger partial charge in [0.05, 0.1) is 31.4 Å². The molecule has 0 N–H and O–H groups in total. The minimum Gasteiger partial charge on any atom is -0.493 e. The van der Waals surface area contributed by atoms with Crippen LogP contribution in [0.4, 0.5) is 5.69 Å². The Kier molecular flexibility index (Phi) is 6.50. The maximum absolute atomic E-state index is 12.9. The molecular weight excluding hydrogens is 432 g/mol. The van der Waals surface area contributed by atoms with Crippen LogP contribution >= 0.6 is 11.6 Å². The molecular formula is C23H25ClN4O4. The maximum Gasteiger partial charge on any atom is 0.261 e. The number of nitrogens with zero attached hydrogens (tertiary/aromatic N) is 4. The second-order valence-electron chi connectivity index (χ2n) is 7.57. The highest BCUT2D eigenvalue weighted by molar-refractivity contribution is 6.30. The number of anilines is 1. The van der Waals surface area contributed by atoms with Crippen LogP contribution in [0.5, 0.6) is 11.5 Å². The predicted molar refractivity (Wildman–Crippen MR) is 124 cm³/mol. The number of piperazine rings is 1. The molecule has 8 nitrogen and oxygen atoms in total. The first kappa shape index (κ1) is 22.0. The van der Waals surface area contributed by atoms with Gasteiger partial charge in [0.1, 0.15) is 0 Å². The third kappa shape index (κ3) is 4.50. The van der Waals surface area contributed by atoms with Gasteiger partial charge in [0.2, 0.25) is 5.91 Å². The first-order valence-corrected chi connectivity index (χ1v) is 10.8. The van der Waals surface area contributed by atoms with Crippen LogP contribution in [0.2, 0.25) is 5.02 Å². The molecule has 0 unspecified atom stereocenters. The summed E-state index contributed by atoms with van der Waals surface area (Å²) in [4.78, 5) is 34.0. The molecule has 4 rings (SSSR count). The fraction of sp³-hybridized carbons (Fsp3) is 0.348. The second-order valence-corrected chi connectivity index (χ2v) is 8.00. The molecule has 0 spiro atoms. The summed E-state index contributed by atoms with van der Waals surface area (Å²) in [5, 5.41) is 1.12. The highest BCUT2D eigenvalue weighted by atomic mass is 35.5. The molecule has 1 saturated heterocycles. The topological polar surface area (TPSA) is 76.9 Å². The minimum absolute atomic E-state index is 0.0232. The van der Waals surface area contributed by atoms with Crippen molar-refractivity contribution < 1.29 is 14.3 Å². The molecule has 0 aliphatic carbocycles. The number of amides is 1. The molecule has 168 valence electrons. The van der Waals surface area contributed by atoms with E-state index in [0.29, 0.717) is 40.5 Å². The van der Waals surface area contributed by atoms with E-state index in [1.165, 1.54) is 25.1 Å². The van der Waals surface area contributed by atoms with Crippen LogP contribution in [0, 0.1) is 0 Å². The van der Waals surface area contributed by atoms with Crippen molar-refractivity contribution in [2.75, 3.05) is 45.3 Å². The van der Waals surface area contributed by atoms with E-state index in [-0.39, 0.29) is 24.4 Å². The summed E-state index contributed by atoms with van der Waals surface area (Å²) in [6.45, 7) is 3.01. The Morgan fingerprint density at radius 3 is 2.47 bits per heavy atom. The van der Waals surface area contributed by atoms with Crippen molar-refractivity contribution in [3.8, 4) is 11.5 Å². The van der Waals surface area contributed by atoms with Crippen molar-refractivity contribution in [2.24, 2.45) is 0 Å². The molecule has 1 aliphatic heterocycles. The third-order valence-corrected chi connectivity index (χ3v) is 5.94.